The van der Waals surface area contributed by atoms with Crippen LogP contribution in [-0.2, 0) is 11.8 Å². The molecule has 2 N–H and O–H groups in total. The van der Waals surface area contributed by atoms with Crippen molar-refractivity contribution in [2.75, 3.05) is 5.32 Å². The molecule has 1 heterocycles. The van der Waals surface area contributed by atoms with E-state index in [-0.39, 0.29) is 23.7 Å². The Morgan fingerprint density at radius 3 is 2.67 bits per heavy atom. The minimum Gasteiger partial charge on any atom is -0.373 e. The van der Waals surface area contributed by atoms with Crippen molar-refractivity contribution in [2.45, 2.75) is 69.6 Å². The topological polar surface area (TPSA) is 72.4 Å². The third-order valence-electron chi connectivity index (χ3n) is 5.06. The van der Waals surface area contributed by atoms with Gasteiger partial charge in [-0.15, -0.1) is 0 Å². The van der Waals surface area contributed by atoms with Crippen LogP contribution in [0.25, 0.3) is 0 Å². The van der Waals surface area contributed by atoms with Crippen LogP contribution < -0.4 is 16.2 Å². The highest BCUT2D eigenvalue weighted by atomic mass is 16.5. The van der Waals surface area contributed by atoms with E-state index in [9.17, 15) is 9.59 Å². The standard InChI is InChI=1S/C18H27N3O3/c1-21-12-6-10-15(17(21)22)20-18(23)19-14-9-4-5-11-16(14)24-13-7-2-3-8-13/h6,10,12-14,16H,2-5,7-9,11H2,1H3,(H2,19,20,23)/t14-,16-/m0/s1. The molecular formula is C18H27N3O3. The highest BCUT2D eigenvalue weighted by Gasteiger charge is 2.30. The Balaban J connectivity index is 1.58. The van der Waals surface area contributed by atoms with Gasteiger partial charge >= 0.3 is 6.03 Å². The molecule has 0 bridgehead atoms. The van der Waals surface area contributed by atoms with Gasteiger partial charge in [-0.05, 0) is 37.8 Å². The molecule has 1 aromatic rings. The summed E-state index contributed by atoms with van der Waals surface area (Å²) in [5.41, 5.74) is 0.0802. The van der Waals surface area contributed by atoms with Crippen molar-refractivity contribution in [2.24, 2.45) is 7.05 Å². The number of pyridine rings is 1. The number of carbonyl (C=O) groups is 1. The Hall–Kier alpha value is -1.82. The van der Waals surface area contributed by atoms with Gasteiger partial charge in [-0.25, -0.2) is 4.79 Å². The molecule has 2 amide bonds. The summed E-state index contributed by atoms with van der Waals surface area (Å²) in [6.45, 7) is 0. The van der Waals surface area contributed by atoms with Crippen LogP contribution in [0, 0.1) is 0 Å². The van der Waals surface area contributed by atoms with Crippen molar-refractivity contribution in [1.82, 2.24) is 9.88 Å². The van der Waals surface area contributed by atoms with Crippen LogP contribution in [0.5, 0.6) is 0 Å². The molecule has 6 heteroatoms. The van der Waals surface area contributed by atoms with Gasteiger partial charge in [0.2, 0.25) is 0 Å². The molecular weight excluding hydrogens is 306 g/mol. The van der Waals surface area contributed by atoms with Crippen LogP contribution in [-0.4, -0.2) is 28.8 Å². The molecule has 1 aromatic heterocycles. The summed E-state index contributed by atoms with van der Waals surface area (Å²) in [6.07, 6.45) is 11.0. The van der Waals surface area contributed by atoms with E-state index < -0.39 is 0 Å². The second-order valence-corrected chi connectivity index (χ2v) is 6.91. The number of carbonyl (C=O) groups excluding carboxylic acids is 1. The second-order valence-electron chi connectivity index (χ2n) is 6.91. The molecule has 2 saturated carbocycles. The quantitative estimate of drug-likeness (QED) is 0.890. The van der Waals surface area contributed by atoms with E-state index in [0.717, 1.165) is 38.5 Å². The van der Waals surface area contributed by atoms with Gasteiger partial charge < -0.3 is 19.9 Å². The molecule has 0 aliphatic heterocycles. The van der Waals surface area contributed by atoms with Gasteiger partial charge in [-0.3, -0.25) is 4.79 Å². The predicted octanol–water partition coefficient (Wildman–Crippen LogP) is 2.78. The van der Waals surface area contributed by atoms with E-state index in [1.807, 2.05) is 0 Å². The van der Waals surface area contributed by atoms with Gasteiger partial charge in [0.1, 0.15) is 5.69 Å². The van der Waals surface area contributed by atoms with Crippen molar-refractivity contribution in [3.8, 4) is 0 Å². The zero-order valence-corrected chi connectivity index (χ0v) is 14.3. The zero-order valence-electron chi connectivity index (χ0n) is 14.3. The van der Waals surface area contributed by atoms with E-state index in [2.05, 4.69) is 10.6 Å². The van der Waals surface area contributed by atoms with Gasteiger partial charge in [0.15, 0.2) is 0 Å². The number of urea groups is 1. The zero-order chi connectivity index (χ0) is 16.9. The number of rotatable bonds is 4. The fourth-order valence-electron chi connectivity index (χ4n) is 3.72. The lowest BCUT2D eigenvalue weighted by Crippen LogP contribution is -2.49. The molecule has 0 aromatic carbocycles. The SMILES string of the molecule is Cn1cccc(NC(=O)N[C@H]2CCCC[C@@H]2OC2CCCC2)c1=O. The maximum absolute atomic E-state index is 12.3. The third-order valence-corrected chi connectivity index (χ3v) is 5.06. The molecule has 0 spiro atoms. The Morgan fingerprint density at radius 2 is 1.88 bits per heavy atom. The largest absolute Gasteiger partial charge is 0.373 e. The number of ether oxygens (including phenoxy) is 1. The third kappa shape index (κ3) is 4.17. The maximum atomic E-state index is 12.3. The monoisotopic (exact) mass is 333 g/mol. The number of amides is 2. The average Bonchev–Trinajstić information content (AvgIpc) is 3.07. The van der Waals surface area contributed by atoms with E-state index in [4.69, 9.17) is 4.74 Å². The molecule has 2 aliphatic rings. The number of hydrogen-bond acceptors (Lipinski definition) is 3. The first-order valence-corrected chi connectivity index (χ1v) is 9.02. The number of aromatic nitrogens is 1. The lowest BCUT2D eigenvalue weighted by atomic mass is 9.92. The molecule has 6 nitrogen and oxygen atoms in total. The van der Waals surface area contributed by atoms with Gasteiger partial charge in [0.05, 0.1) is 18.2 Å². The summed E-state index contributed by atoms with van der Waals surface area (Å²) in [4.78, 5) is 24.3. The fraction of sp³-hybridized carbons (Fsp3) is 0.667. The van der Waals surface area contributed by atoms with E-state index >= 15 is 0 Å². The van der Waals surface area contributed by atoms with Gasteiger partial charge in [0.25, 0.3) is 5.56 Å². The number of nitrogens with one attached hydrogen (secondary N) is 2. The fourth-order valence-corrected chi connectivity index (χ4v) is 3.72. The summed E-state index contributed by atoms with van der Waals surface area (Å²) in [7, 11) is 1.66. The summed E-state index contributed by atoms with van der Waals surface area (Å²) < 4.78 is 7.70. The minimum absolute atomic E-state index is 0.0203. The van der Waals surface area contributed by atoms with Gasteiger partial charge in [0, 0.05) is 13.2 Å². The van der Waals surface area contributed by atoms with Crippen LogP contribution in [0.2, 0.25) is 0 Å². The molecule has 2 fully saturated rings. The Morgan fingerprint density at radius 1 is 1.17 bits per heavy atom. The number of anilines is 1. The van der Waals surface area contributed by atoms with Crippen LogP contribution in [0.15, 0.2) is 23.1 Å². The first-order chi connectivity index (χ1) is 11.6. The van der Waals surface area contributed by atoms with Crippen LogP contribution in [0.4, 0.5) is 10.5 Å². The maximum Gasteiger partial charge on any atom is 0.319 e. The van der Waals surface area contributed by atoms with Crippen molar-refractivity contribution in [3.63, 3.8) is 0 Å². The number of hydrogen-bond donors (Lipinski definition) is 2. The van der Waals surface area contributed by atoms with Gasteiger partial charge in [-0.1, -0.05) is 25.7 Å². The normalized spacial score (nSPS) is 24.7. The highest BCUT2D eigenvalue weighted by Crippen LogP contribution is 2.28. The summed E-state index contributed by atoms with van der Waals surface area (Å²) in [5.74, 6) is 0. The van der Waals surface area contributed by atoms with E-state index in [1.165, 1.54) is 17.4 Å². The lowest BCUT2D eigenvalue weighted by Gasteiger charge is -2.34. The van der Waals surface area contributed by atoms with Crippen molar-refractivity contribution < 1.29 is 9.53 Å². The summed E-state index contributed by atoms with van der Waals surface area (Å²) >= 11 is 0. The highest BCUT2D eigenvalue weighted by molar-refractivity contribution is 5.89. The molecule has 3 rings (SSSR count). The molecule has 2 atom stereocenters. The van der Waals surface area contributed by atoms with Crippen LogP contribution in [0.1, 0.15) is 51.4 Å². The number of nitrogens with zero attached hydrogens (tertiary/aromatic N) is 1. The van der Waals surface area contributed by atoms with Crippen LogP contribution >= 0.6 is 0 Å². The lowest BCUT2D eigenvalue weighted by molar-refractivity contribution is -0.0407. The first-order valence-electron chi connectivity index (χ1n) is 9.02. The van der Waals surface area contributed by atoms with Crippen molar-refractivity contribution in [3.05, 3.63) is 28.7 Å². The minimum atomic E-state index is -0.328. The van der Waals surface area contributed by atoms with E-state index in [0.29, 0.717) is 11.8 Å². The Kier molecular flexibility index (Phi) is 5.56. The summed E-state index contributed by atoms with van der Waals surface area (Å²) in [6, 6.07) is 3.05. The first kappa shape index (κ1) is 17.0. The number of aryl methyl sites for hydroxylation is 1. The molecule has 0 unspecified atom stereocenters. The van der Waals surface area contributed by atoms with E-state index in [1.54, 1.807) is 25.4 Å². The average molecular weight is 333 g/mol. The second kappa shape index (κ2) is 7.83. The molecule has 2 aliphatic carbocycles. The molecule has 0 saturated heterocycles. The molecule has 24 heavy (non-hydrogen) atoms. The smallest absolute Gasteiger partial charge is 0.319 e. The Bertz CT molecular complexity index is 622. The molecule has 132 valence electrons. The van der Waals surface area contributed by atoms with Crippen molar-refractivity contribution >= 4 is 11.7 Å². The van der Waals surface area contributed by atoms with Crippen LogP contribution in [0.3, 0.4) is 0 Å². The summed E-state index contributed by atoms with van der Waals surface area (Å²) in [5, 5.41) is 5.69. The van der Waals surface area contributed by atoms with Gasteiger partial charge in [-0.2, -0.15) is 0 Å². The Labute approximate surface area is 142 Å². The predicted molar refractivity (Wildman–Crippen MR) is 93.2 cm³/mol. The van der Waals surface area contributed by atoms with Crippen molar-refractivity contribution in [1.29, 1.82) is 0 Å². The molecule has 0 radical (unpaired) electrons.